The van der Waals surface area contributed by atoms with Crippen LogP contribution in [0.25, 0.3) is 5.82 Å². The lowest BCUT2D eigenvalue weighted by Crippen LogP contribution is -2.31. The van der Waals surface area contributed by atoms with E-state index in [1.807, 2.05) is 32.0 Å². The number of carbonyl (C=O) groups is 1. The van der Waals surface area contributed by atoms with Gasteiger partial charge in [0, 0.05) is 31.5 Å². The van der Waals surface area contributed by atoms with E-state index in [-0.39, 0.29) is 17.6 Å². The van der Waals surface area contributed by atoms with Crippen LogP contribution in [0.4, 0.5) is 18.9 Å². The van der Waals surface area contributed by atoms with Crippen molar-refractivity contribution in [3.63, 3.8) is 0 Å². The molecule has 0 saturated carbocycles. The van der Waals surface area contributed by atoms with Crippen LogP contribution in [0.5, 0.6) is 0 Å². The van der Waals surface area contributed by atoms with Gasteiger partial charge in [-0.1, -0.05) is 32.0 Å². The first-order valence-electron chi connectivity index (χ1n) is 10.9. The minimum Gasteiger partial charge on any atom is -0.371 e. The summed E-state index contributed by atoms with van der Waals surface area (Å²) in [5.41, 5.74) is 1.36. The van der Waals surface area contributed by atoms with E-state index < -0.39 is 11.7 Å². The number of para-hydroxylation sites is 1. The molecule has 3 heterocycles. The van der Waals surface area contributed by atoms with Crippen LogP contribution in [0.2, 0.25) is 0 Å². The molecule has 1 N–H and O–H groups in total. The Kier molecular flexibility index (Phi) is 6.40. The average molecular weight is 458 g/mol. The average Bonchev–Trinajstić information content (AvgIpc) is 3.45. The molecule has 0 spiro atoms. The maximum atomic E-state index is 13.0. The molecule has 0 bridgehead atoms. The van der Waals surface area contributed by atoms with Gasteiger partial charge in [0.15, 0.2) is 5.82 Å². The summed E-state index contributed by atoms with van der Waals surface area (Å²) >= 11 is 0. The van der Waals surface area contributed by atoms with Gasteiger partial charge >= 0.3 is 6.18 Å². The third-order valence-corrected chi connectivity index (χ3v) is 5.85. The zero-order valence-corrected chi connectivity index (χ0v) is 18.5. The van der Waals surface area contributed by atoms with Crippen molar-refractivity contribution in [1.82, 2.24) is 20.1 Å². The number of carbonyl (C=O) groups excluding carboxylic acids is 1. The molecule has 2 aromatic heterocycles. The fourth-order valence-electron chi connectivity index (χ4n) is 4.15. The molecular formula is C24H26F3N5O. The number of hydrogen-bond acceptors (Lipinski definition) is 4. The summed E-state index contributed by atoms with van der Waals surface area (Å²) in [6, 6.07) is 12.4. The molecule has 6 nitrogen and oxygen atoms in total. The highest BCUT2D eigenvalue weighted by molar-refractivity contribution is 5.95. The molecule has 0 radical (unpaired) electrons. The van der Waals surface area contributed by atoms with Crippen molar-refractivity contribution in [2.45, 2.75) is 32.4 Å². The van der Waals surface area contributed by atoms with Gasteiger partial charge in [-0.2, -0.15) is 18.3 Å². The van der Waals surface area contributed by atoms with E-state index in [1.54, 1.807) is 0 Å². The number of nitrogens with one attached hydrogen (secondary N) is 1. The zero-order chi connectivity index (χ0) is 23.6. The second kappa shape index (κ2) is 9.25. The van der Waals surface area contributed by atoms with Crippen LogP contribution in [-0.4, -0.2) is 40.3 Å². The topological polar surface area (TPSA) is 63.1 Å². The van der Waals surface area contributed by atoms with Crippen LogP contribution in [0.3, 0.4) is 0 Å². The molecule has 3 aromatic rings. The van der Waals surface area contributed by atoms with E-state index in [4.69, 9.17) is 0 Å². The zero-order valence-electron chi connectivity index (χ0n) is 18.5. The predicted molar refractivity (Wildman–Crippen MR) is 120 cm³/mol. The molecule has 33 heavy (non-hydrogen) atoms. The molecule has 1 amide bonds. The predicted octanol–water partition coefficient (Wildman–Crippen LogP) is 4.67. The number of anilines is 1. The third-order valence-electron chi connectivity index (χ3n) is 5.85. The number of hydrogen-bond donors (Lipinski definition) is 1. The molecule has 4 rings (SSSR count). The van der Waals surface area contributed by atoms with E-state index in [0.29, 0.717) is 23.7 Å². The first-order valence-corrected chi connectivity index (χ1v) is 10.9. The molecule has 1 aliphatic rings. The second-order valence-electron chi connectivity index (χ2n) is 8.56. The highest BCUT2D eigenvalue weighted by Gasteiger charge is 2.31. The smallest absolute Gasteiger partial charge is 0.371 e. The van der Waals surface area contributed by atoms with Crippen molar-refractivity contribution in [3.8, 4) is 5.82 Å². The van der Waals surface area contributed by atoms with Crippen molar-refractivity contribution in [2.75, 3.05) is 24.5 Å². The van der Waals surface area contributed by atoms with E-state index in [9.17, 15) is 18.0 Å². The highest BCUT2D eigenvalue weighted by Crippen LogP contribution is 2.29. The lowest BCUT2D eigenvalue weighted by molar-refractivity contribution is -0.137. The van der Waals surface area contributed by atoms with Crippen LogP contribution in [-0.2, 0) is 6.18 Å². The van der Waals surface area contributed by atoms with Gasteiger partial charge in [-0.3, -0.25) is 4.79 Å². The molecule has 1 aromatic carbocycles. The van der Waals surface area contributed by atoms with Crippen molar-refractivity contribution < 1.29 is 18.0 Å². The largest absolute Gasteiger partial charge is 0.417 e. The van der Waals surface area contributed by atoms with Crippen LogP contribution in [0.15, 0.2) is 54.9 Å². The molecule has 9 heteroatoms. The molecule has 174 valence electrons. The normalized spacial score (nSPS) is 16.4. The van der Waals surface area contributed by atoms with Crippen LogP contribution >= 0.6 is 0 Å². The molecule has 1 fully saturated rings. The number of rotatable bonds is 6. The number of halogens is 3. The fraction of sp³-hybridized carbons (Fsp3) is 0.375. The lowest BCUT2D eigenvalue weighted by Gasteiger charge is -2.19. The Labute approximate surface area is 190 Å². The first-order chi connectivity index (χ1) is 15.7. The Morgan fingerprint density at radius 1 is 1.15 bits per heavy atom. The standard InChI is InChI=1S/C24H26F3N5O/c1-16(2)22-20(14-30-32(22)21-9-8-18(13-28-21)24(25,26)27)23(33)29-12-17-10-11-31(15-17)19-6-4-3-5-7-19/h3-9,13-14,16-17H,10-12,15H2,1-2H3,(H,29,33). The summed E-state index contributed by atoms with van der Waals surface area (Å²) in [4.78, 5) is 19.2. The van der Waals surface area contributed by atoms with Crippen LogP contribution in [0.1, 0.15) is 47.8 Å². The Balaban J connectivity index is 1.45. The summed E-state index contributed by atoms with van der Waals surface area (Å²) in [7, 11) is 0. The van der Waals surface area contributed by atoms with Crippen molar-refractivity contribution >= 4 is 11.6 Å². The number of amides is 1. The highest BCUT2D eigenvalue weighted by atomic mass is 19.4. The third kappa shape index (κ3) is 5.02. The minimum absolute atomic E-state index is 0.0857. The Hall–Kier alpha value is -3.36. The van der Waals surface area contributed by atoms with Gasteiger partial charge in [-0.05, 0) is 42.5 Å². The fourth-order valence-corrected chi connectivity index (χ4v) is 4.15. The molecule has 0 aliphatic carbocycles. The summed E-state index contributed by atoms with van der Waals surface area (Å²) in [5.74, 6) is 0.246. The molecule has 1 unspecified atom stereocenters. The van der Waals surface area contributed by atoms with E-state index in [2.05, 4.69) is 32.4 Å². The maximum absolute atomic E-state index is 13.0. The number of nitrogens with zero attached hydrogens (tertiary/aromatic N) is 4. The van der Waals surface area contributed by atoms with Gasteiger partial charge in [0.2, 0.25) is 0 Å². The summed E-state index contributed by atoms with van der Waals surface area (Å²) < 4.78 is 40.0. The molecule has 1 aliphatic heterocycles. The molecule has 1 atom stereocenters. The van der Waals surface area contributed by atoms with Crippen molar-refractivity contribution in [1.29, 1.82) is 0 Å². The first kappa shape index (κ1) is 22.8. The van der Waals surface area contributed by atoms with Crippen LogP contribution in [0, 0.1) is 5.92 Å². The van der Waals surface area contributed by atoms with Gasteiger partial charge in [0.1, 0.15) is 0 Å². The van der Waals surface area contributed by atoms with Gasteiger partial charge in [0.05, 0.1) is 23.0 Å². The van der Waals surface area contributed by atoms with Crippen LogP contribution < -0.4 is 10.2 Å². The van der Waals surface area contributed by atoms with E-state index >= 15 is 0 Å². The number of benzene rings is 1. The minimum atomic E-state index is -4.46. The number of pyridine rings is 1. The number of alkyl halides is 3. The van der Waals surface area contributed by atoms with E-state index in [0.717, 1.165) is 31.8 Å². The Bertz CT molecular complexity index is 1090. The Morgan fingerprint density at radius 3 is 2.55 bits per heavy atom. The van der Waals surface area contributed by atoms with Gasteiger partial charge < -0.3 is 10.2 Å². The summed E-state index contributed by atoms with van der Waals surface area (Å²) in [5, 5.41) is 7.27. The van der Waals surface area contributed by atoms with Gasteiger partial charge in [0.25, 0.3) is 5.91 Å². The van der Waals surface area contributed by atoms with Gasteiger partial charge in [-0.25, -0.2) is 9.67 Å². The second-order valence-corrected chi connectivity index (χ2v) is 8.56. The molecule has 1 saturated heterocycles. The van der Waals surface area contributed by atoms with Gasteiger partial charge in [-0.15, -0.1) is 0 Å². The Morgan fingerprint density at radius 2 is 1.91 bits per heavy atom. The quantitative estimate of drug-likeness (QED) is 0.585. The summed E-state index contributed by atoms with van der Waals surface area (Å²) in [6.45, 7) is 6.17. The monoisotopic (exact) mass is 457 g/mol. The lowest BCUT2D eigenvalue weighted by atomic mass is 10.0. The number of aromatic nitrogens is 3. The maximum Gasteiger partial charge on any atom is 0.417 e. The SMILES string of the molecule is CC(C)c1c(C(=O)NCC2CCN(c3ccccc3)C2)cnn1-c1ccc(C(F)(F)F)cn1. The molecular weight excluding hydrogens is 431 g/mol. The van der Waals surface area contributed by atoms with Crippen molar-refractivity contribution in [3.05, 3.63) is 71.7 Å². The van der Waals surface area contributed by atoms with E-state index in [1.165, 1.54) is 22.6 Å². The summed E-state index contributed by atoms with van der Waals surface area (Å²) in [6.07, 6.45) is -1.24. The van der Waals surface area contributed by atoms with Crippen molar-refractivity contribution in [2.24, 2.45) is 5.92 Å².